The summed E-state index contributed by atoms with van der Waals surface area (Å²) in [7, 11) is 1.95. The number of nitrogens with one attached hydrogen (secondary N) is 1. The number of hydroxylamine groups is 2. The topological polar surface area (TPSA) is 48.6 Å². The summed E-state index contributed by atoms with van der Waals surface area (Å²) < 4.78 is 0. The van der Waals surface area contributed by atoms with Gasteiger partial charge in [-0.15, -0.1) is 0 Å². The minimum atomic E-state index is -0.0702. The van der Waals surface area contributed by atoms with Gasteiger partial charge in [0.2, 0.25) is 5.91 Å². The van der Waals surface area contributed by atoms with Crippen LogP contribution >= 0.6 is 11.6 Å². The molecule has 2 saturated heterocycles. The second-order valence-corrected chi connectivity index (χ2v) is 9.18. The Morgan fingerprint density at radius 2 is 2.03 bits per heavy atom. The molecule has 0 bridgehead atoms. The predicted octanol–water partition coefficient (Wildman–Crippen LogP) is 4.57. The molecule has 0 spiro atoms. The number of carbonyl (C=O) groups is 1. The van der Waals surface area contributed by atoms with E-state index in [2.05, 4.69) is 34.1 Å². The van der Waals surface area contributed by atoms with E-state index >= 15 is 0 Å². The minimum Gasteiger partial charge on any atom is -0.356 e. The summed E-state index contributed by atoms with van der Waals surface area (Å²) in [4.78, 5) is 25.0. The molecule has 1 amide bonds. The number of aromatic amines is 1. The molecule has 2 fully saturated rings. The fourth-order valence-corrected chi connectivity index (χ4v) is 6.01. The summed E-state index contributed by atoms with van der Waals surface area (Å²) >= 11 is 6.26. The van der Waals surface area contributed by atoms with E-state index in [9.17, 15) is 4.79 Å². The van der Waals surface area contributed by atoms with Crippen molar-refractivity contribution in [2.24, 2.45) is 5.92 Å². The zero-order valence-corrected chi connectivity index (χ0v) is 17.8. The Morgan fingerprint density at radius 1 is 1.20 bits per heavy atom. The standard InChI is InChI=1S/C24H24ClN3O2/c1-13-21-19(27(2)30-13)12-20-23-18(9-10-28(20)24(21)29)17-8-4-7-16(22(17)26-23)14-5-3-6-15(25)11-14/h3-8,11,13,19-21,26H,9-10,12H2,1-2H3/t13-,19-,20-,21-/m0/s1. The average molecular weight is 422 g/mol. The number of halogens is 1. The highest BCUT2D eigenvalue weighted by atomic mass is 35.5. The molecular formula is C24H24ClN3O2. The Balaban J connectivity index is 1.48. The first-order valence-corrected chi connectivity index (χ1v) is 11.0. The van der Waals surface area contributed by atoms with Crippen molar-refractivity contribution in [1.82, 2.24) is 14.9 Å². The normalized spacial score (nSPS) is 28.5. The molecule has 1 aromatic heterocycles. The van der Waals surface area contributed by atoms with Crippen LogP contribution in [-0.2, 0) is 16.1 Å². The van der Waals surface area contributed by atoms with Gasteiger partial charge in [-0.1, -0.05) is 41.9 Å². The highest BCUT2D eigenvalue weighted by Gasteiger charge is 2.53. The van der Waals surface area contributed by atoms with Gasteiger partial charge in [0.15, 0.2) is 0 Å². The third kappa shape index (κ3) is 2.52. The number of H-pyrrole nitrogens is 1. The lowest BCUT2D eigenvalue weighted by Gasteiger charge is -2.44. The van der Waals surface area contributed by atoms with Crippen LogP contribution in [0.4, 0.5) is 0 Å². The van der Waals surface area contributed by atoms with Crippen LogP contribution in [0.1, 0.15) is 30.6 Å². The van der Waals surface area contributed by atoms with Crippen molar-refractivity contribution in [1.29, 1.82) is 0 Å². The number of hydrogen-bond donors (Lipinski definition) is 1. The maximum atomic E-state index is 13.3. The fraction of sp³-hybridized carbons (Fsp3) is 0.375. The van der Waals surface area contributed by atoms with Gasteiger partial charge in [-0.25, -0.2) is 0 Å². The second-order valence-electron chi connectivity index (χ2n) is 8.74. The molecule has 4 heterocycles. The molecule has 30 heavy (non-hydrogen) atoms. The van der Waals surface area contributed by atoms with Crippen molar-refractivity contribution in [2.75, 3.05) is 13.6 Å². The number of hydrogen-bond acceptors (Lipinski definition) is 3. The number of nitrogens with zero attached hydrogens (tertiary/aromatic N) is 2. The Hall–Kier alpha value is -2.34. The van der Waals surface area contributed by atoms with Crippen LogP contribution < -0.4 is 0 Å². The molecule has 2 aromatic carbocycles. The van der Waals surface area contributed by atoms with E-state index in [1.807, 2.05) is 37.2 Å². The molecule has 1 N–H and O–H groups in total. The van der Waals surface area contributed by atoms with Crippen molar-refractivity contribution < 1.29 is 9.63 Å². The summed E-state index contributed by atoms with van der Waals surface area (Å²) in [5, 5.41) is 3.88. The van der Waals surface area contributed by atoms with Gasteiger partial charge in [-0.3, -0.25) is 9.63 Å². The van der Waals surface area contributed by atoms with E-state index in [4.69, 9.17) is 16.4 Å². The summed E-state index contributed by atoms with van der Waals surface area (Å²) in [6, 6.07) is 14.6. The van der Waals surface area contributed by atoms with E-state index in [1.165, 1.54) is 16.6 Å². The van der Waals surface area contributed by atoms with E-state index in [0.717, 1.165) is 41.1 Å². The van der Waals surface area contributed by atoms with Crippen LogP contribution in [0, 0.1) is 5.92 Å². The number of para-hydroxylation sites is 1. The van der Waals surface area contributed by atoms with Gasteiger partial charge in [0, 0.05) is 35.3 Å². The zero-order chi connectivity index (χ0) is 20.6. The quantitative estimate of drug-likeness (QED) is 0.626. The van der Waals surface area contributed by atoms with E-state index in [-0.39, 0.29) is 30.0 Å². The van der Waals surface area contributed by atoms with Crippen molar-refractivity contribution in [2.45, 2.75) is 38.0 Å². The van der Waals surface area contributed by atoms with Crippen molar-refractivity contribution in [3.63, 3.8) is 0 Å². The van der Waals surface area contributed by atoms with Crippen molar-refractivity contribution in [3.8, 4) is 11.1 Å². The van der Waals surface area contributed by atoms with E-state index in [0.29, 0.717) is 0 Å². The lowest BCUT2D eigenvalue weighted by molar-refractivity contribution is -0.146. The number of aromatic nitrogens is 1. The Morgan fingerprint density at radius 3 is 2.87 bits per heavy atom. The van der Waals surface area contributed by atoms with Gasteiger partial charge >= 0.3 is 0 Å². The summed E-state index contributed by atoms with van der Waals surface area (Å²) in [5.41, 5.74) is 5.90. The Bertz CT molecular complexity index is 1170. The number of piperidine rings is 1. The van der Waals surface area contributed by atoms with Gasteiger partial charge in [-0.2, -0.15) is 5.06 Å². The van der Waals surface area contributed by atoms with Crippen molar-refractivity contribution >= 4 is 28.4 Å². The molecule has 0 unspecified atom stereocenters. The maximum absolute atomic E-state index is 13.3. The molecule has 6 rings (SSSR count). The van der Waals surface area contributed by atoms with Gasteiger partial charge < -0.3 is 9.88 Å². The second kappa shape index (κ2) is 6.58. The minimum absolute atomic E-state index is 0.0630. The molecule has 3 aliphatic rings. The van der Waals surface area contributed by atoms with Crippen LogP contribution in [0.15, 0.2) is 42.5 Å². The number of carbonyl (C=O) groups excluding carboxylic acids is 1. The number of fused-ring (bicyclic) bond motifs is 6. The summed E-state index contributed by atoms with van der Waals surface area (Å²) in [6.07, 6.45) is 1.70. The first-order valence-electron chi connectivity index (χ1n) is 10.6. The summed E-state index contributed by atoms with van der Waals surface area (Å²) in [6.45, 7) is 2.78. The first-order chi connectivity index (χ1) is 14.5. The molecule has 0 aliphatic carbocycles. The fourth-order valence-electron chi connectivity index (χ4n) is 5.82. The Kier molecular flexibility index (Phi) is 4.04. The van der Waals surface area contributed by atoms with Gasteiger partial charge in [0.1, 0.15) is 0 Å². The molecule has 5 nitrogen and oxygen atoms in total. The third-order valence-electron chi connectivity index (χ3n) is 7.17. The number of amides is 1. The summed E-state index contributed by atoms with van der Waals surface area (Å²) in [5.74, 6) is 0.159. The van der Waals surface area contributed by atoms with Gasteiger partial charge in [0.25, 0.3) is 0 Å². The molecular weight excluding hydrogens is 398 g/mol. The first kappa shape index (κ1) is 18.4. The van der Waals surface area contributed by atoms with Crippen LogP contribution in [0.3, 0.4) is 0 Å². The molecule has 3 aromatic rings. The van der Waals surface area contributed by atoms with Crippen molar-refractivity contribution in [3.05, 3.63) is 58.7 Å². The zero-order valence-electron chi connectivity index (χ0n) is 17.1. The Labute approximate surface area is 180 Å². The smallest absolute Gasteiger partial charge is 0.230 e. The average Bonchev–Trinajstić information content (AvgIpc) is 3.25. The maximum Gasteiger partial charge on any atom is 0.230 e. The number of benzene rings is 2. The van der Waals surface area contributed by atoms with E-state index in [1.54, 1.807) is 0 Å². The van der Waals surface area contributed by atoms with Crippen LogP contribution in [0.25, 0.3) is 22.0 Å². The van der Waals surface area contributed by atoms with E-state index < -0.39 is 0 Å². The predicted molar refractivity (Wildman–Crippen MR) is 117 cm³/mol. The van der Waals surface area contributed by atoms with Gasteiger partial charge in [-0.05, 0) is 43.0 Å². The SMILES string of the molecule is C[C@@H]1ON(C)[C@H]2C[C@H]3c4[nH]c5c(-c6cccc(Cl)c6)cccc5c4CCN3C(=O)[C@@H]12. The monoisotopic (exact) mass is 421 g/mol. The third-order valence-corrected chi connectivity index (χ3v) is 7.41. The molecule has 0 radical (unpaired) electrons. The van der Waals surface area contributed by atoms with Crippen LogP contribution in [-0.4, -0.2) is 46.6 Å². The highest BCUT2D eigenvalue weighted by molar-refractivity contribution is 6.30. The van der Waals surface area contributed by atoms with Crippen LogP contribution in [0.2, 0.25) is 5.02 Å². The van der Waals surface area contributed by atoms with Gasteiger partial charge in [0.05, 0.1) is 29.6 Å². The lowest BCUT2D eigenvalue weighted by atomic mass is 9.80. The lowest BCUT2D eigenvalue weighted by Crippen LogP contribution is -2.54. The number of rotatable bonds is 1. The largest absolute Gasteiger partial charge is 0.356 e. The highest BCUT2D eigenvalue weighted by Crippen LogP contribution is 2.46. The van der Waals surface area contributed by atoms with Crippen LogP contribution in [0.5, 0.6) is 0 Å². The molecule has 0 saturated carbocycles. The molecule has 6 heteroatoms. The molecule has 154 valence electrons. The molecule has 3 aliphatic heterocycles. The molecule has 4 atom stereocenters.